The maximum atomic E-state index is 12.8. The van der Waals surface area contributed by atoms with Gasteiger partial charge in [-0.25, -0.2) is 8.42 Å². The van der Waals surface area contributed by atoms with E-state index in [0.717, 1.165) is 16.8 Å². The van der Waals surface area contributed by atoms with Crippen molar-refractivity contribution >= 4 is 39.0 Å². The van der Waals surface area contributed by atoms with Crippen LogP contribution in [-0.4, -0.2) is 52.1 Å². The highest BCUT2D eigenvalue weighted by Gasteiger charge is 2.23. The second-order valence-electron chi connectivity index (χ2n) is 6.75. The lowest BCUT2D eigenvalue weighted by Crippen LogP contribution is -2.30. The van der Waals surface area contributed by atoms with Gasteiger partial charge >= 0.3 is 0 Å². The van der Waals surface area contributed by atoms with Crippen molar-refractivity contribution in [1.29, 1.82) is 0 Å². The van der Waals surface area contributed by atoms with Crippen molar-refractivity contribution in [3.05, 3.63) is 47.7 Å². The van der Waals surface area contributed by atoms with Crippen LogP contribution in [0.3, 0.4) is 0 Å². The topological polar surface area (TPSA) is 96.7 Å². The normalized spacial score (nSPS) is 11.9. The minimum atomic E-state index is -3.60. The zero-order valence-corrected chi connectivity index (χ0v) is 19.0. The third-order valence-corrected chi connectivity index (χ3v) is 7.87. The largest absolute Gasteiger partial charge is 0.325 e. The highest BCUT2D eigenvalue weighted by molar-refractivity contribution is 7.99. The monoisotopic (exact) mass is 447 g/mol. The molecule has 8 nitrogen and oxygen atoms in total. The fourth-order valence-electron chi connectivity index (χ4n) is 3.02. The van der Waals surface area contributed by atoms with Crippen molar-refractivity contribution < 1.29 is 13.2 Å². The molecule has 0 aliphatic carbocycles. The van der Waals surface area contributed by atoms with Crippen LogP contribution in [0.5, 0.6) is 0 Å². The molecule has 1 N–H and O–H groups in total. The number of carbonyl (C=O) groups is 1. The smallest absolute Gasteiger partial charge is 0.244 e. The summed E-state index contributed by atoms with van der Waals surface area (Å²) in [4.78, 5) is 12.6. The van der Waals surface area contributed by atoms with E-state index in [1.54, 1.807) is 24.3 Å². The number of benzene rings is 1. The summed E-state index contributed by atoms with van der Waals surface area (Å²) in [7, 11) is -3.60. The number of aromatic nitrogens is 3. The molecule has 0 saturated carbocycles. The van der Waals surface area contributed by atoms with Crippen LogP contribution in [0, 0.1) is 13.8 Å². The summed E-state index contributed by atoms with van der Waals surface area (Å²) in [6, 6.07) is 8.89. The number of thioether (sulfide) groups is 1. The minimum Gasteiger partial charge on any atom is -0.325 e. The summed E-state index contributed by atoms with van der Waals surface area (Å²) in [6.45, 7) is 8.33. The number of nitrogens with one attached hydrogen (secondary N) is 1. The molecule has 0 aliphatic heterocycles. The van der Waals surface area contributed by atoms with Gasteiger partial charge in [0.1, 0.15) is 0 Å². The van der Waals surface area contributed by atoms with Gasteiger partial charge in [-0.15, -0.1) is 10.2 Å². The molecule has 30 heavy (non-hydrogen) atoms. The number of hydrogen-bond donors (Lipinski definition) is 1. The lowest BCUT2D eigenvalue weighted by atomic mass is 10.1. The molecule has 3 rings (SSSR count). The summed E-state index contributed by atoms with van der Waals surface area (Å²) in [5, 5.41) is 11.5. The number of hydrogen-bond acceptors (Lipinski definition) is 6. The van der Waals surface area contributed by atoms with Crippen molar-refractivity contribution in [2.24, 2.45) is 0 Å². The third kappa shape index (κ3) is 4.50. The highest BCUT2D eigenvalue weighted by Crippen LogP contribution is 2.22. The molecule has 0 aliphatic rings. The van der Waals surface area contributed by atoms with Crippen LogP contribution in [0.4, 0.5) is 5.69 Å². The SMILES string of the molecule is CCN(CC)S(=O)(=O)c1ccc2nnc(SCC(=O)Nc3cccc(C)c3C)n2c1. The summed E-state index contributed by atoms with van der Waals surface area (Å²) in [6.07, 6.45) is 1.51. The van der Waals surface area contributed by atoms with Crippen LogP contribution in [0.15, 0.2) is 46.6 Å². The zero-order chi connectivity index (χ0) is 21.9. The molecule has 2 heterocycles. The number of rotatable bonds is 8. The fraction of sp³-hybridized carbons (Fsp3) is 0.350. The Morgan fingerprint density at radius 2 is 1.87 bits per heavy atom. The summed E-state index contributed by atoms with van der Waals surface area (Å²) >= 11 is 1.20. The molecule has 0 bridgehead atoms. The molecule has 0 spiro atoms. The number of fused-ring (bicyclic) bond motifs is 1. The molecule has 0 saturated heterocycles. The van der Waals surface area contributed by atoms with E-state index in [1.807, 2.05) is 32.0 Å². The van der Waals surface area contributed by atoms with Crippen LogP contribution in [-0.2, 0) is 14.8 Å². The Morgan fingerprint density at radius 3 is 2.57 bits per heavy atom. The van der Waals surface area contributed by atoms with Crippen LogP contribution in [0.2, 0.25) is 0 Å². The van der Waals surface area contributed by atoms with E-state index >= 15 is 0 Å². The van der Waals surface area contributed by atoms with Crippen molar-refractivity contribution in [3.8, 4) is 0 Å². The predicted octanol–water partition coefficient (Wildman–Crippen LogP) is 3.11. The van der Waals surface area contributed by atoms with Gasteiger partial charge in [0.2, 0.25) is 15.9 Å². The summed E-state index contributed by atoms with van der Waals surface area (Å²) < 4.78 is 28.6. The Labute approximate surface area is 180 Å². The first-order valence-corrected chi connectivity index (χ1v) is 12.0. The molecule has 3 aromatic rings. The summed E-state index contributed by atoms with van der Waals surface area (Å²) in [5.74, 6) is -0.0429. The van der Waals surface area contributed by atoms with Gasteiger partial charge in [0.25, 0.3) is 0 Å². The Kier molecular flexibility index (Phi) is 6.79. The molecule has 160 valence electrons. The molecule has 2 aromatic heterocycles. The van der Waals surface area contributed by atoms with E-state index in [2.05, 4.69) is 15.5 Å². The van der Waals surface area contributed by atoms with E-state index < -0.39 is 10.0 Å². The quantitative estimate of drug-likeness (QED) is 0.533. The Hall–Kier alpha value is -2.43. The van der Waals surface area contributed by atoms with E-state index in [-0.39, 0.29) is 16.6 Å². The number of pyridine rings is 1. The maximum Gasteiger partial charge on any atom is 0.244 e. The first-order valence-electron chi connectivity index (χ1n) is 9.61. The van der Waals surface area contributed by atoms with E-state index in [0.29, 0.717) is 23.9 Å². The average molecular weight is 448 g/mol. The van der Waals surface area contributed by atoms with Crippen LogP contribution in [0.1, 0.15) is 25.0 Å². The first kappa shape index (κ1) is 22.3. The number of nitrogens with zero attached hydrogens (tertiary/aromatic N) is 4. The first-order chi connectivity index (χ1) is 14.3. The Morgan fingerprint density at radius 1 is 1.13 bits per heavy atom. The van der Waals surface area contributed by atoms with Gasteiger partial charge in [-0.05, 0) is 43.2 Å². The van der Waals surface area contributed by atoms with Gasteiger partial charge in [0.15, 0.2) is 10.8 Å². The van der Waals surface area contributed by atoms with Gasteiger partial charge in [-0.2, -0.15) is 4.31 Å². The van der Waals surface area contributed by atoms with Crippen LogP contribution >= 0.6 is 11.8 Å². The fourth-order valence-corrected chi connectivity index (χ4v) is 5.19. The zero-order valence-electron chi connectivity index (χ0n) is 17.4. The Bertz CT molecular complexity index is 1170. The van der Waals surface area contributed by atoms with Crippen molar-refractivity contribution in [2.75, 3.05) is 24.2 Å². The predicted molar refractivity (Wildman–Crippen MR) is 118 cm³/mol. The van der Waals surface area contributed by atoms with Gasteiger partial charge < -0.3 is 5.32 Å². The van der Waals surface area contributed by atoms with E-state index in [9.17, 15) is 13.2 Å². The molecule has 0 radical (unpaired) electrons. The van der Waals surface area contributed by atoms with E-state index in [1.165, 1.54) is 28.3 Å². The maximum absolute atomic E-state index is 12.8. The second kappa shape index (κ2) is 9.15. The lowest BCUT2D eigenvalue weighted by molar-refractivity contribution is -0.113. The Balaban J connectivity index is 1.78. The van der Waals surface area contributed by atoms with Gasteiger partial charge in [-0.1, -0.05) is 37.7 Å². The molecular weight excluding hydrogens is 422 g/mol. The van der Waals surface area contributed by atoms with Crippen molar-refractivity contribution in [2.45, 2.75) is 37.7 Å². The molecule has 1 amide bonds. The average Bonchev–Trinajstić information content (AvgIpc) is 3.13. The van der Waals surface area contributed by atoms with Gasteiger partial charge in [0, 0.05) is 25.0 Å². The van der Waals surface area contributed by atoms with Crippen LogP contribution in [0.25, 0.3) is 5.65 Å². The molecule has 0 unspecified atom stereocenters. The van der Waals surface area contributed by atoms with Crippen LogP contribution < -0.4 is 5.32 Å². The lowest BCUT2D eigenvalue weighted by Gasteiger charge is -2.18. The number of aryl methyl sites for hydroxylation is 1. The third-order valence-electron chi connectivity index (χ3n) is 4.90. The van der Waals surface area contributed by atoms with Crippen molar-refractivity contribution in [1.82, 2.24) is 18.9 Å². The molecular formula is C20H25N5O3S2. The number of sulfonamides is 1. The number of amides is 1. The molecule has 0 fully saturated rings. The summed E-state index contributed by atoms with van der Waals surface area (Å²) in [5.41, 5.74) is 3.42. The highest BCUT2D eigenvalue weighted by atomic mass is 32.2. The molecule has 0 atom stereocenters. The molecule has 10 heteroatoms. The van der Waals surface area contributed by atoms with E-state index in [4.69, 9.17) is 0 Å². The number of carbonyl (C=O) groups excluding carboxylic acids is 1. The van der Waals surface area contributed by atoms with Gasteiger partial charge in [-0.3, -0.25) is 9.20 Å². The second-order valence-corrected chi connectivity index (χ2v) is 9.63. The molecule has 1 aromatic carbocycles. The van der Waals surface area contributed by atoms with Gasteiger partial charge in [0.05, 0.1) is 10.6 Å². The van der Waals surface area contributed by atoms with Crippen molar-refractivity contribution in [3.63, 3.8) is 0 Å². The number of anilines is 1. The standard InChI is InChI=1S/C20H25N5O3S2/c1-5-24(6-2)30(27,28)16-10-11-18-22-23-20(25(18)12-16)29-13-19(26)21-17-9-7-8-14(3)15(17)4/h7-12H,5-6,13H2,1-4H3,(H,21,26). The minimum absolute atomic E-state index is 0.126.